The number of fused-ring (bicyclic) bond motifs is 8. The van der Waals surface area contributed by atoms with Gasteiger partial charge in [0, 0.05) is 17.4 Å². The molecule has 3 fully saturated rings. The summed E-state index contributed by atoms with van der Waals surface area (Å²) in [5.74, 6) is -1.45. The molecular weight excluding hydrogens is 495 g/mol. The Morgan fingerprint density at radius 3 is 2.41 bits per heavy atom. The maximum absolute atomic E-state index is 13.7. The molecule has 2 aliphatic carbocycles. The minimum Gasteiger partial charge on any atom is -0.489 e. The van der Waals surface area contributed by atoms with E-state index in [2.05, 4.69) is 5.16 Å². The molecule has 2 amide bonds. The number of carbonyl (C=O) groups is 2. The predicted octanol–water partition coefficient (Wildman–Crippen LogP) is 5.23. The van der Waals surface area contributed by atoms with Crippen LogP contribution in [0.1, 0.15) is 17.5 Å². The van der Waals surface area contributed by atoms with Gasteiger partial charge in [0.05, 0.1) is 28.3 Å². The van der Waals surface area contributed by atoms with Crippen LogP contribution in [0.4, 0.5) is 10.1 Å². The Kier molecular flexibility index (Phi) is 5.11. The number of rotatable bonds is 5. The quantitative estimate of drug-likeness (QED) is 0.435. The third-order valence-electron chi connectivity index (χ3n) is 8.25. The number of carbonyl (C=O) groups excluding carboxylic acids is 2. The van der Waals surface area contributed by atoms with Gasteiger partial charge >= 0.3 is 0 Å². The molecule has 2 heterocycles. The molecule has 0 radical (unpaired) electrons. The number of anilines is 1. The van der Waals surface area contributed by atoms with E-state index in [0.717, 1.165) is 29.0 Å². The molecule has 0 unspecified atom stereocenters. The molecule has 2 saturated carbocycles. The van der Waals surface area contributed by atoms with Gasteiger partial charge in [0.2, 0.25) is 11.8 Å². The zero-order chi connectivity index (χ0) is 25.3. The van der Waals surface area contributed by atoms with Crippen molar-refractivity contribution in [1.29, 1.82) is 0 Å². The van der Waals surface area contributed by atoms with Crippen LogP contribution in [0.5, 0.6) is 5.75 Å². The Balaban J connectivity index is 1.11. The molecule has 2 bridgehead atoms. The summed E-state index contributed by atoms with van der Waals surface area (Å²) in [5.41, 5.74) is 3.13. The number of halogens is 2. The van der Waals surface area contributed by atoms with Gasteiger partial charge in [-0.2, -0.15) is 0 Å². The van der Waals surface area contributed by atoms with Gasteiger partial charge in [0.15, 0.2) is 0 Å². The van der Waals surface area contributed by atoms with Crippen LogP contribution >= 0.6 is 11.6 Å². The van der Waals surface area contributed by atoms with Gasteiger partial charge < -0.3 is 9.57 Å². The molecule has 37 heavy (non-hydrogen) atoms. The molecule has 8 heteroatoms. The SMILES string of the molecule is O=C1[C@@H]2[C@@H]3C[C@@H]([C@H]4ON=C(c5ccc(OCc6ccccc6)cc5)[C@@H]34)[C@@H]2C(=O)N1c1ccc(F)c(Cl)c1. The van der Waals surface area contributed by atoms with Gasteiger partial charge in [-0.3, -0.25) is 9.59 Å². The summed E-state index contributed by atoms with van der Waals surface area (Å²) in [7, 11) is 0. The van der Waals surface area contributed by atoms with Crippen molar-refractivity contribution in [3.63, 3.8) is 0 Å². The highest BCUT2D eigenvalue weighted by molar-refractivity contribution is 6.31. The van der Waals surface area contributed by atoms with E-state index in [1.54, 1.807) is 0 Å². The van der Waals surface area contributed by atoms with Crippen molar-refractivity contribution in [2.75, 3.05) is 4.90 Å². The lowest BCUT2D eigenvalue weighted by Crippen LogP contribution is -2.41. The van der Waals surface area contributed by atoms with Crippen LogP contribution in [0, 0.1) is 35.4 Å². The molecule has 0 aromatic heterocycles. The summed E-state index contributed by atoms with van der Waals surface area (Å²) < 4.78 is 19.6. The molecule has 1 saturated heterocycles. The number of imide groups is 1. The van der Waals surface area contributed by atoms with E-state index < -0.39 is 17.7 Å². The number of nitrogens with zero attached hydrogens (tertiary/aromatic N) is 2. The van der Waals surface area contributed by atoms with E-state index in [1.807, 2.05) is 54.6 Å². The first-order chi connectivity index (χ1) is 18.0. The monoisotopic (exact) mass is 516 g/mol. The number of hydrogen-bond donors (Lipinski definition) is 0. The molecule has 2 aliphatic heterocycles. The summed E-state index contributed by atoms with van der Waals surface area (Å²) >= 11 is 5.94. The zero-order valence-corrected chi connectivity index (χ0v) is 20.3. The lowest BCUT2D eigenvalue weighted by atomic mass is 9.71. The maximum Gasteiger partial charge on any atom is 0.238 e. The van der Waals surface area contributed by atoms with Crippen molar-refractivity contribution in [3.8, 4) is 5.75 Å². The average Bonchev–Trinajstić information content (AvgIpc) is 3.66. The van der Waals surface area contributed by atoms with Gasteiger partial charge in [0.1, 0.15) is 24.3 Å². The van der Waals surface area contributed by atoms with Crippen LogP contribution in [0.15, 0.2) is 78.0 Å². The molecule has 6 atom stereocenters. The fourth-order valence-electron chi connectivity index (χ4n) is 6.71. The Bertz CT molecular complexity index is 1440. The Labute approximate surface area is 217 Å². The predicted molar refractivity (Wildman–Crippen MR) is 135 cm³/mol. The van der Waals surface area contributed by atoms with Crippen LogP contribution in [-0.4, -0.2) is 23.6 Å². The van der Waals surface area contributed by atoms with E-state index in [-0.39, 0.29) is 40.7 Å². The fraction of sp³-hybridized carbons (Fsp3) is 0.276. The Morgan fingerprint density at radius 1 is 0.946 bits per heavy atom. The van der Waals surface area contributed by atoms with E-state index in [4.69, 9.17) is 21.2 Å². The Hall–Kier alpha value is -3.71. The van der Waals surface area contributed by atoms with E-state index >= 15 is 0 Å². The summed E-state index contributed by atoms with van der Waals surface area (Å²) in [6, 6.07) is 21.6. The third-order valence-corrected chi connectivity index (χ3v) is 8.54. The van der Waals surface area contributed by atoms with E-state index in [0.29, 0.717) is 12.3 Å². The molecule has 0 N–H and O–H groups in total. The first-order valence-electron chi connectivity index (χ1n) is 12.3. The third kappa shape index (κ3) is 3.40. The maximum atomic E-state index is 13.7. The molecule has 186 valence electrons. The first kappa shape index (κ1) is 22.5. The number of benzene rings is 3. The minimum atomic E-state index is -0.593. The number of amides is 2. The van der Waals surface area contributed by atoms with Gasteiger partial charge in [-0.15, -0.1) is 0 Å². The van der Waals surface area contributed by atoms with Crippen molar-refractivity contribution in [2.45, 2.75) is 19.1 Å². The van der Waals surface area contributed by atoms with Crippen LogP contribution in [0.3, 0.4) is 0 Å². The van der Waals surface area contributed by atoms with Crippen molar-refractivity contribution >= 4 is 34.8 Å². The van der Waals surface area contributed by atoms with E-state index in [9.17, 15) is 14.0 Å². The van der Waals surface area contributed by atoms with Gasteiger partial charge in [-0.05, 0) is 60.4 Å². The number of ether oxygens (including phenoxy) is 1. The molecule has 3 aromatic carbocycles. The van der Waals surface area contributed by atoms with Crippen LogP contribution in [0.25, 0.3) is 0 Å². The summed E-state index contributed by atoms with van der Waals surface area (Å²) in [6.45, 7) is 0.480. The molecule has 6 nitrogen and oxygen atoms in total. The van der Waals surface area contributed by atoms with Crippen LogP contribution in [0.2, 0.25) is 5.02 Å². The summed E-state index contributed by atoms with van der Waals surface area (Å²) in [6.07, 6.45) is 0.515. The summed E-state index contributed by atoms with van der Waals surface area (Å²) in [4.78, 5) is 34.0. The number of oxime groups is 1. The fourth-order valence-corrected chi connectivity index (χ4v) is 6.88. The van der Waals surface area contributed by atoms with Crippen molar-refractivity contribution in [3.05, 3.63) is 94.8 Å². The molecule has 0 spiro atoms. The normalized spacial score (nSPS) is 29.2. The first-order valence-corrected chi connectivity index (χ1v) is 12.7. The second kappa shape index (κ2) is 8.42. The lowest BCUT2D eigenvalue weighted by molar-refractivity contribution is -0.125. The highest BCUT2D eigenvalue weighted by Crippen LogP contribution is 2.62. The lowest BCUT2D eigenvalue weighted by Gasteiger charge is -2.29. The zero-order valence-electron chi connectivity index (χ0n) is 19.6. The second-order valence-electron chi connectivity index (χ2n) is 10.1. The molecule has 4 aliphatic rings. The smallest absolute Gasteiger partial charge is 0.238 e. The Morgan fingerprint density at radius 2 is 1.68 bits per heavy atom. The largest absolute Gasteiger partial charge is 0.489 e. The van der Waals surface area contributed by atoms with Crippen molar-refractivity contribution in [2.24, 2.45) is 34.7 Å². The highest BCUT2D eigenvalue weighted by Gasteiger charge is 2.70. The highest BCUT2D eigenvalue weighted by atomic mass is 35.5. The molecular formula is C29H22ClFN2O4. The molecule has 3 aromatic rings. The van der Waals surface area contributed by atoms with E-state index in [1.165, 1.54) is 23.1 Å². The topological polar surface area (TPSA) is 68.2 Å². The van der Waals surface area contributed by atoms with Crippen molar-refractivity contribution in [1.82, 2.24) is 0 Å². The summed E-state index contributed by atoms with van der Waals surface area (Å²) in [5, 5.41) is 4.29. The van der Waals surface area contributed by atoms with Gasteiger partial charge in [-0.1, -0.05) is 47.1 Å². The second-order valence-corrected chi connectivity index (χ2v) is 10.5. The number of hydrogen-bond acceptors (Lipinski definition) is 5. The van der Waals surface area contributed by atoms with Gasteiger partial charge in [0.25, 0.3) is 0 Å². The standard InChI is InChI=1S/C29H22ClFN2O4/c30-21-12-17(8-11-22(21)31)33-28(34)23-19-13-20(24(23)29(33)35)27-25(19)26(32-37-27)16-6-9-18(10-7-16)36-14-15-4-2-1-3-5-15/h1-12,19-20,23-25,27H,13-14H2/t19-,20+,23+,24-,25+,27+/m0/s1. The van der Waals surface area contributed by atoms with Crippen LogP contribution in [-0.2, 0) is 21.0 Å². The molecule has 7 rings (SSSR count). The van der Waals surface area contributed by atoms with Crippen LogP contribution < -0.4 is 9.64 Å². The van der Waals surface area contributed by atoms with Gasteiger partial charge in [-0.25, -0.2) is 9.29 Å². The average molecular weight is 517 g/mol. The minimum absolute atomic E-state index is 0.0485. The van der Waals surface area contributed by atoms with Crippen molar-refractivity contribution < 1.29 is 23.6 Å².